The number of rotatable bonds is 8. The summed E-state index contributed by atoms with van der Waals surface area (Å²) in [5.41, 5.74) is -0.325. The van der Waals surface area contributed by atoms with Crippen molar-refractivity contribution < 1.29 is 46.8 Å². The predicted molar refractivity (Wildman–Crippen MR) is 157 cm³/mol. The van der Waals surface area contributed by atoms with Crippen molar-refractivity contribution >= 4 is 28.5 Å². The lowest BCUT2D eigenvalue weighted by Gasteiger charge is -2.31. The number of hydrogen-bond acceptors (Lipinski definition) is 9. The Hall–Kier alpha value is -5.41. The summed E-state index contributed by atoms with van der Waals surface area (Å²) in [5, 5.41) is 22.9. The maximum Gasteiger partial charge on any atom is 1.00 e. The fourth-order valence-electron chi connectivity index (χ4n) is 4.88. The molecule has 4 heterocycles. The summed E-state index contributed by atoms with van der Waals surface area (Å²) in [5.74, 6) is -2.18. The maximum atomic E-state index is 15.2. The van der Waals surface area contributed by atoms with Crippen LogP contribution in [0.25, 0.3) is 16.7 Å². The minimum Gasteiger partial charge on any atom is -1.00 e. The number of carbonyl (C=O) groups excluding carboxylic acids is 2. The summed E-state index contributed by atoms with van der Waals surface area (Å²) < 4.78 is 41.4. The van der Waals surface area contributed by atoms with E-state index in [0.29, 0.717) is 37.0 Å². The topological polar surface area (TPSA) is 165 Å². The minimum atomic E-state index is -0.803. The van der Waals surface area contributed by atoms with Crippen LogP contribution in [-0.2, 0) is 4.79 Å². The van der Waals surface area contributed by atoms with Gasteiger partial charge in [0.05, 0.1) is 5.69 Å². The molecule has 3 N–H and O–H groups in total. The molecule has 238 valence electrons. The largest absolute Gasteiger partial charge is 1.00 e. The summed E-state index contributed by atoms with van der Waals surface area (Å²) >= 11 is 0. The second kappa shape index (κ2) is 13.7. The van der Waals surface area contributed by atoms with Crippen molar-refractivity contribution in [3.05, 3.63) is 94.5 Å². The first kappa shape index (κ1) is 32.0. The molecule has 1 aliphatic heterocycles. The van der Waals surface area contributed by atoms with Gasteiger partial charge in [0.25, 0.3) is 11.5 Å². The molecule has 1 saturated heterocycles. The zero-order valence-corrected chi connectivity index (χ0v) is 24.6. The van der Waals surface area contributed by atoms with Crippen LogP contribution in [0.2, 0.25) is 0 Å². The van der Waals surface area contributed by atoms with Gasteiger partial charge in [-0.25, -0.2) is 13.8 Å². The Labute approximate surface area is 266 Å². The van der Waals surface area contributed by atoms with Crippen LogP contribution < -0.4 is 32.8 Å². The number of aliphatic hydroxyl groups excluding tert-OH is 1. The highest BCUT2D eigenvalue weighted by atomic mass is 35.5. The Balaban J connectivity index is 0.00000250. The fraction of sp³-hybridized carbons (Fsp3) is 0.200. The number of aromatic nitrogens is 5. The van der Waals surface area contributed by atoms with Crippen LogP contribution in [-0.4, -0.2) is 72.6 Å². The smallest absolute Gasteiger partial charge is 1.00 e. The van der Waals surface area contributed by atoms with Crippen LogP contribution in [0.15, 0.2) is 71.8 Å². The Morgan fingerprint density at radius 3 is 2.52 bits per heavy atom. The lowest BCUT2D eigenvalue weighted by molar-refractivity contribution is -0.135. The van der Waals surface area contributed by atoms with Gasteiger partial charge in [-0.2, -0.15) is 9.78 Å². The molecule has 0 saturated carbocycles. The van der Waals surface area contributed by atoms with Gasteiger partial charge in [-0.1, -0.05) is 0 Å². The van der Waals surface area contributed by atoms with Gasteiger partial charge in [0, 0.05) is 56.1 Å². The summed E-state index contributed by atoms with van der Waals surface area (Å²) in [4.78, 5) is 43.4. The van der Waals surface area contributed by atoms with Crippen LogP contribution in [0.3, 0.4) is 0 Å². The molecule has 0 aliphatic carbocycles. The van der Waals surface area contributed by atoms with Gasteiger partial charge in [0.2, 0.25) is 11.8 Å². The number of likely N-dealkylation sites (tertiary alicyclic amines) is 1. The summed E-state index contributed by atoms with van der Waals surface area (Å²) in [6.07, 6.45) is 3.50. The quantitative estimate of drug-likeness (QED) is 0.214. The molecule has 0 bridgehead atoms. The van der Waals surface area contributed by atoms with Crippen LogP contribution >= 0.6 is 0 Å². The second-order valence-corrected chi connectivity index (χ2v) is 10.1. The molecule has 13 nitrogen and oxygen atoms in total. The highest BCUT2D eigenvalue weighted by Crippen LogP contribution is 2.36. The van der Waals surface area contributed by atoms with E-state index in [4.69, 9.17) is 14.6 Å². The van der Waals surface area contributed by atoms with Gasteiger partial charge in [0.15, 0.2) is 17.2 Å². The van der Waals surface area contributed by atoms with Crippen LogP contribution in [0.1, 0.15) is 24.6 Å². The summed E-state index contributed by atoms with van der Waals surface area (Å²) in [7, 11) is 0. The predicted octanol–water partition coefficient (Wildman–Crippen LogP) is 0.305. The molecule has 16 heteroatoms. The van der Waals surface area contributed by atoms with Crippen molar-refractivity contribution in [2.75, 3.05) is 25.0 Å². The number of anilines is 1. The molecule has 0 unspecified atom stereocenters. The first-order valence-corrected chi connectivity index (χ1v) is 13.8. The number of halogens is 3. The van der Waals surface area contributed by atoms with Crippen molar-refractivity contribution in [3.8, 4) is 23.1 Å². The fourth-order valence-corrected chi connectivity index (χ4v) is 4.88. The Morgan fingerprint density at radius 2 is 1.80 bits per heavy atom. The van der Waals surface area contributed by atoms with Crippen molar-refractivity contribution in [3.63, 3.8) is 0 Å². The zero-order valence-electron chi connectivity index (χ0n) is 24.8. The molecule has 2 aromatic carbocycles. The molecule has 0 atom stereocenters. The number of piperidine rings is 1. The van der Waals surface area contributed by atoms with E-state index < -0.39 is 29.7 Å². The number of ether oxygens (including phenoxy) is 2. The highest BCUT2D eigenvalue weighted by molar-refractivity contribution is 6.04. The van der Waals surface area contributed by atoms with Gasteiger partial charge in [-0.3, -0.25) is 19.5 Å². The van der Waals surface area contributed by atoms with Gasteiger partial charge in [-0.05, 0) is 42.5 Å². The van der Waals surface area contributed by atoms with Crippen molar-refractivity contribution in [1.82, 2.24) is 29.9 Å². The number of hydrogen-bond donors (Lipinski definition) is 3. The van der Waals surface area contributed by atoms with Crippen LogP contribution in [0, 0.1) is 11.6 Å². The van der Waals surface area contributed by atoms with Crippen molar-refractivity contribution in [2.45, 2.75) is 18.9 Å². The Morgan fingerprint density at radius 1 is 1.04 bits per heavy atom. The average molecular weight is 654 g/mol. The van der Waals surface area contributed by atoms with Crippen molar-refractivity contribution in [1.29, 1.82) is 0 Å². The Bertz CT molecular complexity index is 1950. The van der Waals surface area contributed by atoms with Gasteiger partial charge in [0.1, 0.15) is 35.2 Å². The van der Waals surface area contributed by atoms with E-state index in [0.717, 1.165) is 22.9 Å². The lowest BCUT2D eigenvalue weighted by Crippen LogP contribution is -3.00. The van der Waals surface area contributed by atoms with Gasteiger partial charge >= 0.3 is 1.43 Å². The number of H-pyrrole nitrogens is 1. The lowest BCUT2D eigenvalue weighted by atomic mass is 10.1. The SMILES string of the molecule is O=C(Nc1ccc(Oc2ccnc3[nH]nc(OC4CCN(C(=O)CO)CC4)c23)c(F)c1)c1ccnn(-c2ccc(F)cc2)c1=O.[Cl-].[H+]. The van der Waals surface area contributed by atoms with E-state index in [9.17, 15) is 18.8 Å². The molecular weight excluding hydrogens is 628 g/mol. The zero-order chi connectivity index (χ0) is 31.5. The van der Waals surface area contributed by atoms with E-state index in [1.165, 1.54) is 48.8 Å². The molecule has 0 radical (unpaired) electrons. The third-order valence-corrected chi connectivity index (χ3v) is 7.17. The number of aliphatic hydroxyl groups is 1. The molecule has 6 rings (SSSR count). The molecule has 1 fully saturated rings. The van der Waals surface area contributed by atoms with E-state index in [-0.39, 0.29) is 60.2 Å². The number of benzene rings is 2. The van der Waals surface area contributed by atoms with Crippen molar-refractivity contribution in [2.24, 2.45) is 0 Å². The van der Waals surface area contributed by atoms with E-state index in [1.54, 1.807) is 4.90 Å². The van der Waals surface area contributed by atoms with E-state index in [1.807, 2.05) is 0 Å². The number of pyridine rings is 1. The molecule has 1 aliphatic rings. The molecule has 2 amide bonds. The molecular formula is C30H26ClF2N7O6. The van der Waals surface area contributed by atoms with E-state index in [2.05, 4.69) is 25.6 Å². The highest BCUT2D eigenvalue weighted by Gasteiger charge is 2.26. The molecule has 0 spiro atoms. The second-order valence-electron chi connectivity index (χ2n) is 10.1. The number of nitrogens with one attached hydrogen (secondary N) is 2. The van der Waals surface area contributed by atoms with Crippen LogP contribution in [0.4, 0.5) is 14.5 Å². The first-order chi connectivity index (χ1) is 21.8. The average Bonchev–Trinajstić information content (AvgIpc) is 3.46. The molecule has 46 heavy (non-hydrogen) atoms. The number of aromatic amines is 1. The van der Waals surface area contributed by atoms with Gasteiger partial charge in [-0.15, -0.1) is 5.10 Å². The van der Waals surface area contributed by atoms with Gasteiger partial charge < -0.3 is 37.2 Å². The monoisotopic (exact) mass is 653 g/mol. The Kier molecular flexibility index (Phi) is 9.53. The maximum absolute atomic E-state index is 15.2. The standard InChI is InChI=1S/C30H25F2N7O6.ClH/c31-17-1-4-19(5-2-17)39-30(43)21(7-12-34-39)28(42)35-18-3-6-23(22(32)15-18)45-24-8-11-33-27-26(24)29(37-36-27)44-20-9-13-38(14-10-20)25(41)16-40;/h1-8,11-12,15,20,40H,9-10,13-14,16H2,(H,35,42)(H,33,36,37);1H. The third-order valence-electron chi connectivity index (χ3n) is 7.17. The molecule has 5 aromatic rings. The summed E-state index contributed by atoms with van der Waals surface area (Å²) in [6, 6.07) is 11.5. The minimum absolute atomic E-state index is 0. The number of amides is 2. The number of fused-ring (bicyclic) bond motifs is 1. The van der Waals surface area contributed by atoms with Crippen LogP contribution in [0.5, 0.6) is 17.4 Å². The van der Waals surface area contributed by atoms with E-state index >= 15 is 4.39 Å². The number of nitrogens with zero attached hydrogens (tertiary/aromatic N) is 5. The summed E-state index contributed by atoms with van der Waals surface area (Å²) in [6.45, 7) is 0.303. The normalized spacial score (nSPS) is 13.2. The molecule has 3 aromatic heterocycles. The first-order valence-electron chi connectivity index (χ1n) is 13.8. The number of carbonyl (C=O) groups is 2. The third kappa shape index (κ3) is 6.64.